The number of pyridine rings is 1. The average Bonchev–Trinajstić information content (AvgIpc) is 3.40. The third kappa shape index (κ3) is 4.60. The van der Waals surface area contributed by atoms with E-state index >= 15 is 0 Å². The Bertz CT molecular complexity index is 1780. The standard InChI is InChI=1S/C26H18ClN5O3S2/c1-15-22(13-28)21(16-3-5-18(27)6-4-16)12-23(35-2)24(15)25-20-8-7-19(11-17(20)9-10-29-25)37(33,34)32-26-31-30-14-36-26/h3-12,14H,1-2H3,(H,31,32). The summed E-state index contributed by atoms with van der Waals surface area (Å²) in [5.41, 5.74) is 5.40. The van der Waals surface area contributed by atoms with Gasteiger partial charge in [0, 0.05) is 27.7 Å². The Morgan fingerprint density at radius 3 is 2.57 bits per heavy atom. The van der Waals surface area contributed by atoms with E-state index in [1.165, 1.54) is 11.6 Å². The molecule has 0 aliphatic heterocycles. The van der Waals surface area contributed by atoms with E-state index in [0.717, 1.165) is 16.9 Å². The molecule has 0 fully saturated rings. The van der Waals surface area contributed by atoms with Crippen LogP contribution in [0.5, 0.6) is 5.75 Å². The molecular formula is C26H18ClN5O3S2. The molecule has 0 saturated carbocycles. The number of methoxy groups -OCH3 is 1. The molecule has 0 aliphatic carbocycles. The minimum atomic E-state index is -3.86. The van der Waals surface area contributed by atoms with E-state index in [1.807, 2.05) is 25.1 Å². The molecule has 3 aromatic carbocycles. The third-order valence-corrected chi connectivity index (χ3v) is 8.22. The highest BCUT2D eigenvalue weighted by Crippen LogP contribution is 2.42. The number of aromatic nitrogens is 3. The molecule has 5 rings (SSSR count). The van der Waals surface area contributed by atoms with Crippen LogP contribution in [0.2, 0.25) is 5.02 Å². The van der Waals surface area contributed by atoms with Crippen LogP contribution in [-0.2, 0) is 10.0 Å². The maximum Gasteiger partial charge on any atom is 0.263 e. The highest BCUT2D eigenvalue weighted by molar-refractivity contribution is 7.93. The van der Waals surface area contributed by atoms with E-state index in [1.54, 1.807) is 43.6 Å². The zero-order chi connectivity index (χ0) is 26.2. The lowest BCUT2D eigenvalue weighted by atomic mass is 9.90. The number of rotatable bonds is 6. The molecule has 8 nitrogen and oxygen atoms in total. The van der Waals surface area contributed by atoms with Gasteiger partial charge >= 0.3 is 0 Å². The second kappa shape index (κ2) is 9.78. The number of ether oxygens (including phenoxy) is 1. The Balaban J connectivity index is 1.67. The summed E-state index contributed by atoms with van der Waals surface area (Å²) in [5.74, 6) is 0.538. The van der Waals surface area contributed by atoms with Crippen molar-refractivity contribution in [2.75, 3.05) is 11.8 Å². The van der Waals surface area contributed by atoms with Crippen LogP contribution in [-0.4, -0.2) is 30.7 Å². The van der Waals surface area contributed by atoms with E-state index in [-0.39, 0.29) is 10.0 Å². The Morgan fingerprint density at radius 2 is 1.89 bits per heavy atom. The summed E-state index contributed by atoms with van der Waals surface area (Å²) in [6, 6.07) is 17.9. The first-order valence-corrected chi connectivity index (χ1v) is 13.6. The number of fused-ring (bicyclic) bond motifs is 1. The van der Waals surface area contributed by atoms with Crippen molar-refractivity contribution in [3.05, 3.63) is 82.5 Å². The number of nitrogens with zero attached hydrogens (tertiary/aromatic N) is 4. The summed E-state index contributed by atoms with van der Waals surface area (Å²) >= 11 is 7.14. The van der Waals surface area contributed by atoms with Crippen molar-refractivity contribution in [3.8, 4) is 34.2 Å². The van der Waals surface area contributed by atoms with Crippen LogP contribution in [0.15, 0.2) is 71.2 Å². The van der Waals surface area contributed by atoms with Crippen LogP contribution in [0.1, 0.15) is 11.1 Å². The fourth-order valence-corrected chi connectivity index (χ4v) is 6.01. The first-order chi connectivity index (χ1) is 17.8. The van der Waals surface area contributed by atoms with Gasteiger partial charge in [-0.1, -0.05) is 41.1 Å². The molecule has 0 bridgehead atoms. The molecule has 5 aromatic rings. The van der Waals surface area contributed by atoms with Crippen LogP contribution < -0.4 is 9.46 Å². The van der Waals surface area contributed by atoms with Crippen LogP contribution in [0.4, 0.5) is 5.13 Å². The molecular weight excluding hydrogens is 530 g/mol. The average molecular weight is 548 g/mol. The van der Waals surface area contributed by atoms with Crippen molar-refractivity contribution in [1.82, 2.24) is 15.2 Å². The Labute approximate surface area is 222 Å². The van der Waals surface area contributed by atoms with Crippen molar-refractivity contribution >= 4 is 48.9 Å². The quantitative estimate of drug-likeness (QED) is 0.274. The Hall–Kier alpha value is -4.04. The molecule has 2 heterocycles. The van der Waals surface area contributed by atoms with Crippen LogP contribution in [0.3, 0.4) is 0 Å². The summed E-state index contributed by atoms with van der Waals surface area (Å²) < 4.78 is 33.9. The number of nitriles is 1. The van der Waals surface area contributed by atoms with Gasteiger partial charge in [0.15, 0.2) is 0 Å². The molecule has 0 radical (unpaired) electrons. The van der Waals surface area contributed by atoms with Gasteiger partial charge in [-0.2, -0.15) is 5.26 Å². The summed E-state index contributed by atoms with van der Waals surface area (Å²) in [7, 11) is -2.30. The maximum atomic E-state index is 12.9. The summed E-state index contributed by atoms with van der Waals surface area (Å²) in [4.78, 5) is 4.68. The van der Waals surface area contributed by atoms with E-state index in [4.69, 9.17) is 16.3 Å². The van der Waals surface area contributed by atoms with E-state index in [0.29, 0.717) is 49.5 Å². The smallest absolute Gasteiger partial charge is 0.263 e. The summed E-state index contributed by atoms with van der Waals surface area (Å²) in [5, 5.41) is 19.6. The number of halogens is 1. The number of hydrogen-bond donors (Lipinski definition) is 1. The van der Waals surface area contributed by atoms with Crippen molar-refractivity contribution in [2.45, 2.75) is 11.8 Å². The molecule has 37 heavy (non-hydrogen) atoms. The van der Waals surface area contributed by atoms with E-state index < -0.39 is 10.0 Å². The highest BCUT2D eigenvalue weighted by Gasteiger charge is 2.22. The molecule has 0 unspecified atom stereocenters. The van der Waals surface area contributed by atoms with Gasteiger partial charge in [-0.05, 0) is 59.8 Å². The van der Waals surface area contributed by atoms with Crippen LogP contribution in [0.25, 0.3) is 33.2 Å². The minimum absolute atomic E-state index is 0.0758. The van der Waals surface area contributed by atoms with Gasteiger partial charge in [-0.3, -0.25) is 9.71 Å². The van der Waals surface area contributed by atoms with Crippen molar-refractivity contribution in [1.29, 1.82) is 5.26 Å². The van der Waals surface area contributed by atoms with Gasteiger partial charge in [0.2, 0.25) is 5.13 Å². The zero-order valence-corrected chi connectivity index (χ0v) is 21.9. The predicted octanol–water partition coefficient (Wildman–Crippen LogP) is 6.06. The first kappa shape index (κ1) is 24.6. The molecule has 0 amide bonds. The SMILES string of the molecule is COc1cc(-c2ccc(Cl)cc2)c(C#N)c(C)c1-c1nccc2cc(S(=O)(=O)Nc3nncs3)ccc12. The van der Waals surface area contributed by atoms with Gasteiger partial charge < -0.3 is 4.74 Å². The Morgan fingerprint density at radius 1 is 1.11 bits per heavy atom. The lowest BCUT2D eigenvalue weighted by Crippen LogP contribution is -2.12. The number of sulfonamides is 1. The molecule has 0 aliphatic rings. The molecule has 11 heteroatoms. The zero-order valence-electron chi connectivity index (χ0n) is 19.6. The topological polar surface area (TPSA) is 118 Å². The van der Waals surface area contributed by atoms with Gasteiger partial charge in [-0.25, -0.2) is 8.42 Å². The molecule has 184 valence electrons. The number of hydrogen-bond acceptors (Lipinski definition) is 8. The second-order valence-corrected chi connectivity index (χ2v) is 11.0. The van der Waals surface area contributed by atoms with E-state index in [2.05, 4.69) is 26.0 Å². The Kier molecular flexibility index (Phi) is 6.52. The van der Waals surface area contributed by atoms with Crippen molar-refractivity contribution in [2.24, 2.45) is 0 Å². The van der Waals surface area contributed by atoms with Gasteiger partial charge in [0.25, 0.3) is 10.0 Å². The highest BCUT2D eigenvalue weighted by atomic mass is 35.5. The minimum Gasteiger partial charge on any atom is -0.496 e. The maximum absolute atomic E-state index is 12.9. The lowest BCUT2D eigenvalue weighted by Gasteiger charge is -2.18. The molecule has 0 spiro atoms. The van der Waals surface area contributed by atoms with Gasteiger partial charge in [0.1, 0.15) is 17.3 Å². The van der Waals surface area contributed by atoms with Crippen LogP contribution in [0, 0.1) is 18.3 Å². The summed E-state index contributed by atoms with van der Waals surface area (Å²) in [6.45, 7) is 1.85. The molecule has 0 saturated heterocycles. The normalized spacial score (nSPS) is 11.3. The van der Waals surface area contributed by atoms with Gasteiger partial charge in [0.05, 0.1) is 23.3 Å². The first-order valence-electron chi connectivity index (χ1n) is 10.9. The van der Waals surface area contributed by atoms with Crippen molar-refractivity contribution in [3.63, 3.8) is 0 Å². The van der Waals surface area contributed by atoms with Gasteiger partial charge in [-0.15, -0.1) is 10.2 Å². The van der Waals surface area contributed by atoms with Crippen molar-refractivity contribution < 1.29 is 13.2 Å². The number of anilines is 1. The molecule has 1 N–H and O–H groups in total. The van der Waals surface area contributed by atoms with Crippen LogP contribution >= 0.6 is 22.9 Å². The fourth-order valence-electron chi connectivity index (χ4n) is 4.16. The largest absolute Gasteiger partial charge is 0.496 e. The number of benzene rings is 3. The third-order valence-electron chi connectivity index (χ3n) is 5.89. The van der Waals surface area contributed by atoms with E-state index in [9.17, 15) is 13.7 Å². The monoisotopic (exact) mass is 547 g/mol. The lowest BCUT2D eigenvalue weighted by molar-refractivity contribution is 0.416. The fraction of sp³-hybridized carbons (Fsp3) is 0.0769. The second-order valence-electron chi connectivity index (χ2n) is 8.01. The molecule has 0 atom stereocenters. The number of nitrogens with one attached hydrogen (secondary N) is 1. The summed E-state index contributed by atoms with van der Waals surface area (Å²) in [6.07, 6.45) is 1.60. The predicted molar refractivity (Wildman–Crippen MR) is 144 cm³/mol. The molecule has 2 aromatic heterocycles.